The van der Waals surface area contributed by atoms with Crippen LogP contribution >= 0.6 is 0 Å². The van der Waals surface area contributed by atoms with E-state index in [9.17, 15) is 0 Å². The summed E-state index contributed by atoms with van der Waals surface area (Å²) in [6.45, 7) is 15.2. The third-order valence-electron chi connectivity index (χ3n) is 6.63. The predicted molar refractivity (Wildman–Crippen MR) is 141 cm³/mol. The van der Waals surface area contributed by atoms with Crippen LogP contribution in [0.25, 0.3) is 69.8 Å². The molecule has 0 radical (unpaired) electrons. The third-order valence-corrected chi connectivity index (χ3v) is 6.63. The lowest BCUT2D eigenvalue weighted by Gasteiger charge is -2.12. The number of fused-ring (bicyclic) bond motifs is 10. The molecule has 5 nitrogen and oxygen atoms in total. The summed E-state index contributed by atoms with van der Waals surface area (Å²) in [4.78, 5) is 16.5. The Morgan fingerprint density at radius 2 is 1.14 bits per heavy atom. The van der Waals surface area contributed by atoms with E-state index in [0.717, 1.165) is 49.0 Å². The van der Waals surface area contributed by atoms with Crippen molar-refractivity contribution in [3.8, 4) is 5.69 Å². The molecule has 160 valence electrons. The zero-order valence-electron chi connectivity index (χ0n) is 18.4. The first-order chi connectivity index (χ1) is 17.3. The molecule has 0 saturated heterocycles. The third kappa shape index (κ3) is 2.55. The molecule has 7 rings (SSSR count). The van der Waals surface area contributed by atoms with Crippen molar-refractivity contribution >= 4 is 66.0 Å². The molecule has 0 atom stereocenters. The number of rotatable bonds is 1. The highest BCUT2D eigenvalue weighted by Crippen LogP contribution is 2.43. The van der Waals surface area contributed by atoms with Crippen molar-refractivity contribution in [3.05, 3.63) is 114 Å². The largest absolute Gasteiger partial charge is 0.370 e. The van der Waals surface area contributed by atoms with Crippen molar-refractivity contribution in [3.63, 3.8) is 0 Å². The van der Waals surface area contributed by atoms with Crippen LogP contribution in [0.4, 0.5) is 11.6 Å². The molecule has 2 aromatic heterocycles. The Kier molecular flexibility index (Phi) is 3.91. The summed E-state index contributed by atoms with van der Waals surface area (Å²) < 4.78 is 2.27. The molecule has 2 heterocycles. The summed E-state index contributed by atoms with van der Waals surface area (Å²) in [5, 5.41) is 6.19. The minimum Gasteiger partial charge on any atom is -0.370 e. The number of aromatic nitrogens is 3. The normalized spacial score (nSPS) is 11.4. The Morgan fingerprint density at radius 3 is 1.89 bits per heavy atom. The maximum atomic E-state index is 7.64. The second kappa shape index (κ2) is 7.12. The van der Waals surface area contributed by atoms with E-state index in [2.05, 4.69) is 73.8 Å². The van der Waals surface area contributed by atoms with Crippen LogP contribution in [-0.2, 0) is 0 Å². The van der Waals surface area contributed by atoms with Crippen LogP contribution in [0.5, 0.6) is 0 Å². The average molecular weight is 445 g/mol. The highest BCUT2D eigenvalue weighted by atomic mass is 15.0. The zero-order chi connectivity index (χ0) is 23.5. The Bertz CT molecular complexity index is 2070. The summed E-state index contributed by atoms with van der Waals surface area (Å²) >= 11 is 0. The fourth-order valence-corrected chi connectivity index (χ4v) is 5.22. The molecule has 0 N–H and O–H groups in total. The molecule has 0 aliphatic rings. The van der Waals surface area contributed by atoms with Crippen LogP contribution in [0.3, 0.4) is 0 Å². The Balaban J connectivity index is 1.86. The van der Waals surface area contributed by atoms with Gasteiger partial charge in [-0.15, -0.1) is 9.97 Å². The zero-order valence-corrected chi connectivity index (χ0v) is 18.4. The van der Waals surface area contributed by atoms with Gasteiger partial charge in [-0.3, -0.25) is 0 Å². The number of benzene rings is 5. The van der Waals surface area contributed by atoms with Gasteiger partial charge in [0.05, 0.1) is 16.4 Å². The maximum Gasteiger partial charge on any atom is 0.294 e. The summed E-state index contributed by atoms with van der Waals surface area (Å²) in [6.07, 6.45) is 0. The van der Waals surface area contributed by atoms with E-state index in [0.29, 0.717) is 11.0 Å². The van der Waals surface area contributed by atoms with Crippen molar-refractivity contribution in [2.24, 2.45) is 0 Å². The van der Waals surface area contributed by atoms with E-state index in [1.807, 2.05) is 36.4 Å². The second-order valence-electron chi connectivity index (χ2n) is 8.41. The van der Waals surface area contributed by atoms with Crippen LogP contribution in [-0.4, -0.2) is 14.5 Å². The molecule has 5 heteroatoms. The lowest BCUT2D eigenvalue weighted by atomic mass is 9.97. The summed E-state index contributed by atoms with van der Waals surface area (Å²) in [7, 11) is 0. The predicted octanol–water partition coefficient (Wildman–Crippen LogP) is 8.13. The van der Waals surface area contributed by atoms with E-state index in [1.165, 1.54) is 0 Å². The van der Waals surface area contributed by atoms with Crippen molar-refractivity contribution in [2.45, 2.75) is 0 Å². The molecule has 35 heavy (non-hydrogen) atoms. The molecule has 5 aromatic carbocycles. The number of nitrogens with zero attached hydrogens (tertiary/aromatic N) is 5. The highest BCUT2D eigenvalue weighted by molar-refractivity contribution is 6.32. The van der Waals surface area contributed by atoms with Gasteiger partial charge < -0.3 is 14.3 Å². The smallest absolute Gasteiger partial charge is 0.294 e. The quantitative estimate of drug-likeness (QED) is 0.189. The van der Waals surface area contributed by atoms with Crippen LogP contribution in [0.2, 0.25) is 0 Å². The SMILES string of the molecule is [C-]#[N+]c1nc2c3ccccc3c3ccc4c5ccccc5n(-c5ccccc5)c4c3c2nc1[N+]#[C-]. The van der Waals surface area contributed by atoms with E-state index in [-0.39, 0.29) is 11.6 Å². The lowest BCUT2D eigenvalue weighted by Crippen LogP contribution is -1.96. The first-order valence-corrected chi connectivity index (χ1v) is 11.2. The fourth-order valence-electron chi connectivity index (χ4n) is 5.22. The molecule has 0 bridgehead atoms. The molecule has 0 aliphatic carbocycles. The fraction of sp³-hybridized carbons (Fsp3) is 0. The molecule has 0 spiro atoms. The van der Waals surface area contributed by atoms with Gasteiger partial charge >= 0.3 is 0 Å². The topological polar surface area (TPSA) is 39.4 Å². The van der Waals surface area contributed by atoms with Gasteiger partial charge in [0.15, 0.2) is 0 Å². The van der Waals surface area contributed by atoms with E-state index >= 15 is 0 Å². The molecular formula is C30H15N5. The highest BCUT2D eigenvalue weighted by Gasteiger charge is 2.24. The Morgan fingerprint density at radius 1 is 0.543 bits per heavy atom. The monoisotopic (exact) mass is 445 g/mol. The van der Waals surface area contributed by atoms with Gasteiger partial charge in [-0.05, 0) is 35.0 Å². The standard InChI is InChI=1S/C30H15N5/c1-31-29-30(32-2)34-27-25-21(19-12-6-7-14-22(19)26(27)33-29)16-17-23-20-13-8-9-15-24(20)35(28(23)25)18-10-4-3-5-11-18/h3-17H. The first kappa shape index (κ1) is 19.2. The van der Waals surface area contributed by atoms with Crippen LogP contribution in [0, 0.1) is 13.1 Å². The van der Waals surface area contributed by atoms with Gasteiger partial charge in [0, 0.05) is 21.8 Å². The summed E-state index contributed by atoms with van der Waals surface area (Å²) in [6, 6.07) is 31.0. The molecular weight excluding hydrogens is 430 g/mol. The van der Waals surface area contributed by atoms with Gasteiger partial charge in [0.1, 0.15) is 0 Å². The van der Waals surface area contributed by atoms with Gasteiger partial charge in [-0.1, -0.05) is 79.9 Å². The molecule has 0 unspecified atom stereocenters. The van der Waals surface area contributed by atoms with Crippen LogP contribution < -0.4 is 0 Å². The number of hydrogen-bond acceptors (Lipinski definition) is 2. The van der Waals surface area contributed by atoms with Gasteiger partial charge in [-0.2, -0.15) is 0 Å². The van der Waals surface area contributed by atoms with Crippen molar-refractivity contribution < 1.29 is 0 Å². The lowest BCUT2D eigenvalue weighted by molar-refractivity contribution is 1.19. The number of hydrogen-bond donors (Lipinski definition) is 0. The maximum absolute atomic E-state index is 7.64. The van der Waals surface area contributed by atoms with Crippen molar-refractivity contribution in [1.29, 1.82) is 0 Å². The summed E-state index contributed by atoms with van der Waals surface area (Å²) in [5.74, 6) is 0.0660. The molecule has 0 amide bonds. The van der Waals surface area contributed by atoms with Crippen molar-refractivity contribution in [2.75, 3.05) is 0 Å². The van der Waals surface area contributed by atoms with Crippen LogP contribution in [0.15, 0.2) is 91.0 Å². The minimum atomic E-state index is 0.0310. The van der Waals surface area contributed by atoms with Gasteiger partial charge in [0.2, 0.25) is 11.0 Å². The molecule has 0 fully saturated rings. The van der Waals surface area contributed by atoms with E-state index in [1.54, 1.807) is 0 Å². The van der Waals surface area contributed by atoms with E-state index in [4.69, 9.17) is 18.1 Å². The molecule has 0 saturated carbocycles. The average Bonchev–Trinajstić information content (AvgIpc) is 3.27. The Hall–Kier alpha value is -5.26. The summed E-state index contributed by atoms with van der Waals surface area (Å²) in [5.41, 5.74) is 4.44. The second-order valence-corrected chi connectivity index (χ2v) is 8.41. The Labute approximate surface area is 200 Å². The van der Waals surface area contributed by atoms with Gasteiger partial charge in [-0.25, -0.2) is 0 Å². The number of para-hydroxylation sites is 2. The molecule has 7 aromatic rings. The minimum absolute atomic E-state index is 0.0310. The first-order valence-electron chi connectivity index (χ1n) is 11.2. The van der Waals surface area contributed by atoms with Crippen LogP contribution in [0.1, 0.15) is 0 Å². The van der Waals surface area contributed by atoms with Gasteiger partial charge in [0.25, 0.3) is 11.6 Å². The van der Waals surface area contributed by atoms with Crippen molar-refractivity contribution in [1.82, 2.24) is 14.5 Å². The van der Waals surface area contributed by atoms with E-state index < -0.39 is 0 Å². The molecule has 0 aliphatic heterocycles.